The summed E-state index contributed by atoms with van der Waals surface area (Å²) in [6.45, 7) is 0. The number of hydrogen-bond acceptors (Lipinski definition) is 20. The van der Waals surface area contributed by atoms with E-state index in [9.17, 15) is 38.4 Å². The Kier molecular flexibility index (Phi) is 30.2. The monoisotopic (exact) mass is 1150 g/mol. The van der Waals surface area contributed by atoms with Crippen molar-refractivity contribution < 1.29 is 129 Å². The van der Waals surface area contributed by atoms with Crippen molar-refractivity contribution in [3.05, 3.63) is 0 Å². The third-order valence-corrected chi connectivity index (χ3v) is 27.0. The summed E-state index contributed by atoms with van der Waals surface area (Å²) in [5, 5.41) is 0. The van der Waals surface area contributed by atoms with Crippen molar-refractivity contribution >= 4 is 72.4 Å². The highest BCUT2D eigenvalue weighted by Gasteiger charge is 2.67. The summed E-state index contributed by atoms with van der Waals surface area (Å²) < 4.78 is 59.4. The quantitative estimate of drug-likeness (QED) is 0.161. The van der Waals surface area contributed by atoms with Crippen LogP contribution in [0.5, 0.6) is 0 Å². The first-order chi connectivity index (χ1) is 28.5. The zero-order valence-corrected chi connectivity index (χ0v) is 56.2. The summed E-state index contributed by atoms with van der Waals surface area (Å²) >= 11 is 0. The maximum Gasteiger partial charge on any atom is 0.387 e. The molecule has 2 N–H and O–H groups in total. The predicted octanol–water partition coefficient (Wildman–Crippen LogP) is -11.6. The number of nitrogens with zero attached hydrogens (tertiary/aromatic N) is 8. The number of hydrogen-bond donors (Lipinski definition) is 0. The minimum absolute atomic E-state index is 0. The van der Waals surface area contributed by atoms with Gasteiger partial charge in [0.05, 0.1) is 226 Å². The third-order valence-electron chi connectivity index (χ3n) is 3.00. The Morgan fingerprint density at radius 3 is 0.217 bits per heavy atom. The number of quaternary nitrogens is 8. The first kappa shape index (κ1) is 78.5. The van der Waals surface area contributed by atoms with Crippen LogP contribution in [0.2, 0.25) is 0 Å². The molecule has 29 nitrogen and oxygen atoms in total. The Balaban J connectivity index is -0.000000273. The molecule has 0 aromatic rings. The van der Waals surface area contributed by atoms with E-state index in [0.717, 1.165) is 35.9 Å². The van der Waals surface area contributed by atoms with Crippen LogP contribution >= 0.6 is 0 Å². The van der Waals surface area contributed by atoms with Crippen molar-refractivity contribution in [1.82, 2.24) is 0 Å². The SMILES string of the molecule is C[N+](C)(C)C.C[N+](C)(C)C.C[N+](C)(C)C.C[N+](C)(C)C.C[N+](C)(C)C.C[N+](C)(C)C.C[N+](C)(C)C.C[N+](C)(C)C.O.[O-][Si]12O[Si]3([O-])O[Si]4([O-])O[Si]([O-])(O1)O[Si]1([O-])O[Si]([O-])(O2)O[Si]([O-])(O3)O[Si]([O-])(O4)O1. The molecule has 8 bridgehead atoms. The molecule has 6 saturated heterocycles. The fourth-order valence-corrected chi connectivity index (χ4v) is 30.0. The van der Waals surface area contributed by atoms with Crippen LogP contribution in [0.25, 0.3) is 0 Å². The van der Waals surface area contributed by atoms with E-state index >= 15 is 0 Å². The van der Waals surface area contributed by atoms with Crippen LogP contribution in [0.3, 0.4) is 0 Å². The van der Waals surface area contributed by atoms with Gasteiger partial charge >= 0.3 is 72.4 Å². The molecule has 6 heterocycles. The fraction of sp³-hybridized carbons (Fsp3) is 1.00. The van der Waals surface area contributed by atoms with Crippen molar-refractivity contribution in [3.63, 3.8) is 0 Å². The van der Waals surface area contributed by atoms with Crippen LogP contribution in [0.15, 0.2) is 0 Å². The van der Waals surface area contributed by atoms with E-state index in [-0.39, 0.29) is 5.48 Å². The van der Waals surface area contributed by atoms with Crippen molar-refractivity contribution in [2.75, 3.05) is 226 Å². The van der Waals surface area contributed by atoms with Gasteiger partial charge in [-0.1, -0.05) is 0 Å². The summed E-state index contributed by atoms with van der Waals surface area (Å²) in [6, 6.07) is 0. The highest BCUT2D eigenvalue weighted by molar-refractivity contribution is 6.94. The lowest BCUT2D eigenvalue weighted by Gasteiger charge is -2.71. The van der Waals surface area contributed by atoms with Gasteiger partial charge < -0.3 is 129 Å². The lowest BCUT2D eigenvalue weighted by molar-refractivity contribution is -0.849. The van der Waals surface area contributed by atoms with E-state index in [2.05, 4.69) is 275 Å². The molecule has 0 spiro atoms. The van der Waals surface area contributed by atoms with E-state index in [4.69, 9.17) is 0 Å². The van der Waals surface area contributed by atoms with Gasteiger partial charge in [-0.3, -0.25) is 0 Å². The summed E-state index contributed by atoms with van der Waals surface area (Å²) in [5.41, 5.74) is 0. The summed E-state index contributed by atoms with van der Waals surface area (Å²) in [5.74, 6) is 0. The third kappa shape index (κ3) is 57.7. The molecule has 0 aromatic heterocycles. The van der Waals surface area contributed by atoms with E-state index in [1.165, 1.54) is 0 Å². The molecular formula is C32H98N8O21Si8. The van der Waals surface area contributed by atoms with Gasteiger partial charge in [-0.05, 0) is 0 Å². The first-order valence-electron chi connectivity index (χ1n) is 20.8. The van der Waals surface area contributed by atoms with Gasteiger partial charge in [-0.2, -0.15) is 0 Å². The first-order valence-corrected chi connectivity index (χ1v) is 33.9. The average Bonchev–Trinajstić information content (AvgIpc) is 2.72. The molecule has 6 fully saturated rings. The minimum Gasteiger partial charge on any atom is -0.795 e. The van der Waals surface area contributed by atoms with E-state index in [0.29, 0.717) is 0 Å². The van der Waals surface area contributed by atoms with E-state index in [1.54, 1.807) is 0 Å². The Morgan fingerprint density at radius 1 is 0.159 bits per heavy atom. The topological polar surface area (TPSA) is 327 Å². The second-order valence-corrected chi connectivity index (χ2v) is 44.5. The second kappa shape index (κ2) is 26.6. The molecule has 6 aliphatic heterocycles. The lowest BCUT2D eigenvalue weighted by Crippen LogP contribution is -2.99. The van der Waals surface area contributed by atoms with Crippen molar-refractivity contribution in [3.8, 4) is 0 Å². The molecule has 0 radical (unpaired) electrons. The van der Waals surface area contributed by atoms with E-state index in [1.807, 2.05) is 0 Å². The number of rotatable bonds is 0. The summed E-state index contributed by atoms with van der Waals surface area (Å²) in [4.78, 5) is 101. The van der Waals surface area contributed by atoms with Crippen molar-refractivity contribution in [2.24, 2.45) is 0 Å². The molecule has 0 aliphatic carbocycles. The van der Waals surface area contributed by atoms with Crippen molar-refractivity contribution in [2.45, 2.75) is 0 Å². The average molecular weight is 1160 g/mol. The van der Waals surface area contributed by atoms with Gasteiger partial charge in [0.1, 0.15) is 0 Å². The van der Waals surface area contributed by atoms with Crippen LogP contribution in [0, 0.1) is 0 Å². The molecule has 6 rings (SSSR count). The molecule has 0 atom stereocenters. The van der Waals surface area contributed by atoms with Crippen molar-refractivity contribution in [1.29, 1.82) is 0 Å². The van der Waals surface area contributed by atoms with Crippen LogP contribution in [0.1, 0.15) is 0 Å². The predicted molar refractivity (Wildman–Crippen MR) is 254 cm³/mol. The Hall–Kier alpha value is 0.575. The van der Waals surface area contributed by atoms with Crippen LogP contribution in [-0.4, -0.2) is 339 Å². The molecule has 0 aromatic carbocycles. The summed E-state index contributed by atoms with van der Waals surface area (Å²) in [7, 11) is 19.4. The van der Waals surface area contributed by atoms with Crippen LogP contribution < -0.4 is 38.4 Å². The molecule has 424 valence electrons. The van der Waals surface area contributed by atoms with Gasteiger partial charge in [0, 0.05) is 0 Å². The normalized spacial score (nSPS) is 33.7. The highest BCUT2D eigenvalue weighted by Crippen LogP contribution is 2.39. The van der Waals surface area contributed by atoms with Gasteiger partial charge in [-0.25, -0.2) is 0 Å². The van der Waals surface area contributed by atoms with Gasteiger partial charge in [-0.15, -0.1) is 0 Å². The standard InChI is InChI=1S/8C4H12N.O20Si8.H2O/c8*1-5(2,3)4;1-21-9-22(2)12-25(5)14-23(3,10-21)16-27(7)17-24(4,11-21)15-26(6,13-22)19-28(8,18-25)20-27;/h8*1-4H3;;1H2/q8*+1;-8;. The molecule has 0 saturated carbocycles. The highest BCUT2D eigenvalue weighted by atomic mass is 28.7. The maximum absolute atomic E-state index is 12.6. The molecule has 0 amide bonds. The minimum atomic E-state index is -6.08. The van der Waals surface area contributed by atoms with Gasteiger partial charge in [0.15, 0.2) is 0 Å². The smallest absolute Gasteiger partial charge is 0.387 e. The van der Waals surface area contributed by atoms with E-state index < -0.39 is 72.4 Å². The Morgan fingerprint density at radius 2 is 0.188 bits per heavy atom. The second-order valence-electron chi connectivity index (χ2n) is 26.7. The molecule has 37 heteroatoms. The van der Waals surface area contributed by atoms with Gasteiger partial charge in [0.25, 0.3) is 0 Å². The summed E-state index contributed by atoms with van der Waals surface area (Å²) in [6.07, 6.45) is 0. The molecule has 69 heavy (non-hydrogen) atoms. The Bertz CT molecular complexity index is 1050. The molecule has 6 aliphatic rings. The molecular weight excluding hydrogens is 1060 g/mol. The fourth-order valence-electron chi connectivity index (χ4n) is 2.34. The largest absolute Gasteiger partial charge is 0.795 e. The molecule has 0 unspecified atom stereocenters. The van der Waals surface area contributed by atoms with Gasteiger partial charge in [0.2, 0.25) is 0 Å². The Labute approximate surface area is 425 Å². The zero-order valence-electron chi connectivity index (χ0n) is 48.2. The van der Waals surface area contributed by atoms with Crippen LogP contribution in [-0.2, 0) is 49.4 Å². The maximum atomic E-state index is 12.6. The lowest BCUT2D eigenvalue weighted by atomic mass is 10.8. The zero-order chi connectivity index (χ0) is 56.5. The van der Waals surface area contributed by atoms with Crippen LogP contribution in [0.4, 0.5) is 0 Å².